The summed E-state index contributed by atoms with van der Waals surface area (Å²) in [6, 6.07) is 14.5. The van der Waals surface area contributed by atoms with E-state index in [-0.39, 0.29) is 0 Å². The SMILES string of the molecule is CSc1cccc(-n2c(N)nc3cc(I)ccc32)c1. The summed E-state index contributed by atoms with van der Waals surface area (Å²) >= 11 is 4.00. The second kappa shape index (κ2) is 5.05. The predicted molar refractivity (Wildman–Crippen MR) is 90.0 cm³/mol. The maximum absolute atomic E-state index is 6.07. The highest BCUT2D eigenvalue weighted by atomic mass is 127. The lowest BCUT2D eigenvalue weighted by Gasteiger charge is -2.07. The number of imidazole rings is 1. The largest absolute Gasteiger partial charge is 0.369 e. The van der Waals surface area contributed by atoms with Crippen LogP contribution in [-0.4, -0.2) is 15.8 Å². The summed E-state index contributed by atoms with van der Waals surface area (Å²) in [6.45, 7) is 0. The van der Waals surface area contributed by atoms with Gasteiger partial charge in [0, 0.05) is 8.47 Å². The van der Waals surface area contributed by atoms with Crippen LogP contribution in [0.4, 0.5) is 5.95 Å². The molecule has 3 rings (SSSR count). The minimum Gasteiger partial charge on any atom is -0.369 e. The predicted octanol–water partition coefficient (Wildman–Crippen LogP) is 3.93. The summed E-state index contributed by atoms with van der Waals surface area (Å²) in [4.78, 5) is 5.65. The molecule has 0 unspecified atom stereocenters. The Labute approximate surface area is 129 Å². The third kappa shape index (κ3) is 2.32. The fourth-order valence-corrected chi connectivity index (χ4v) is 3.02. The molecule has 3 aromatic rings. The Kier molecular flexibility index (Phi) is 3.40. The highest BCUT2D eigenvalue weighted by Crippen LogP contribution is 2.26. The van der Waals surface area contributed by atoms with E-state index in [2.05, 4.69) is 64.2 Å². The molecular formula is C14H12IN3S. The highest BCUT2D eigenvalue weighted by molar-refractivity contribution is 14.1. The lowest BCUT2D eigenvalue weighted by atomic mass is 10.3. The summed E-state index contributed by atoms with van der Waals surface area (Å²) < 4.78 is 3.15. The van der Waals surface area contributed by atoms with Gasteiger partial charge < -0.3 is 5.73 Å². The van der Waals surface area contributed by atoms with Crippen molar-refractivity contribution in [2.24, 2.45) is 0 Å². The van der Waals surface area contributed by atoms with Crippen molar-refractivity contribution >= 4 is 51.3 Å². The Morgan fingerprint density at radius 2 is 2.05 bits per heavy atom. The van der Waals surface area contributed by atoms with Crippen molar-refractivity contribution in [1.29, 1.82) is 0 Å². The van der Waals surface area contributed by atoms with Crippen LogP contribution in [0, 0.1) is 3.57 Å². The first-order chi connectivity index (χ1) is 9.19. The van der Waals surface area contributed by atoms with E-state index in [0.717, 1.165) is 20.3 Å². The maximum atomic E-state index is 6.07. The minimum absolute atomic E-state index is 0.523. The third-order valence-corrected chi connectivity index (χ3v) is 4.35. The van der Waals surface area contributed by atoms with Gasteiger partial charge in [0.25, 0.3) is 0 Å². The molecule has 0 bridgehead atoms. The number of nitrogen functional groups attached to an aromatic ring is 1. The molecule has 0 saturated heterocycles. The van der Waals surface area contributed by atoms with Crippen LogP contribution in [0.25, 0.3) is 16.7 Å². The van der Waals surface area contributed by atoms with Crippen LogP contribution >= 0.6 is 34.4 Å². The van der Waals surface area contributed by atoms with Crippen LogP contribution in [0.3, 0.4) is 0 Å². The summed E-state index contributed by atoms with van der Waals surface area (Å²) in [5, 5.41) is 0. The number of nitrogens with zero attached hydrogens (tertiary/aromatic N) is 2. The molecule has 0 aliphatic heterocycles. The van der Waals surface area contributed by atoms with E-state index in [0.29, 0.717) is 5.95 Å². The molecule has 1 heterocycles. The van der Waals surface area contributed by atoms with Crippen LogP contribution in [0.15, 0.2) is 47.4 Å². The Bertz CT molecular complexity index is 752. The van der Waals surface area contributed by atoms with Gasteiger partial charge in [-0.25, -0.2) is 4.98 Å². The second-order valence-corrected chi connectivity index (χ2v) is 6.27. The Hall–Kier alpha value is -1.21. The number of thioether (sulfide) groups is 1. The molecule has 0 aliphatic carbocycles. The van der Waals surface area contributed by atoms with Crippen LogP contribution in [0.5, 0.6) is 0 Å². The van der Waals surface area contributed by atoms with E-state index in [1.54, 1.807) is 11.8 Å². The normalized spacial score (nSPS) is 11.1. The van der Waals surface area contributed by atoms with Crippen molar-refractivity contribution in [3.63, 3.8) is 0 Å². The monoisotopic (exact) mass is 381 g/mol. The standard InChI is InChI=1S/C14H12IN3S/c1-19-11-4-2-3-10(8-11)18-13-6-5-9(15)7-12(13)17-14(18)16/h2-8H,1H3,(H2,16,17). The minimum atomic E-state index is 0.523. The number of hydrogen-bond acceptors (Lipinski definition) is 3. The molecule has 1 aromatic heterocycles. The maximum Gasteiger partial charge on any atom is 0.205 e. The van der Waals surface area contributed by atoms with Gasteiger partial charge in [0.05, 0.1) is 16.7 Å². The number of rotatable bonds is 2. The fraction of sp³-hybridized carbons (Fsp3) is 0.0714. The Morgan fingerprint density at radius 1 is 1.21 bits per heavy atom. The van der Waals surface area contributed by atoms with Gasteiger partial charge in [-0.1, -0.05) is 6.07 Å². The second-order valence-electron chi connectivity index (χ2n) is 4.14. The quantitative estimate of drug-likeness (QED) is 0.540. The summed E-state index contributed by atoms with van der Waals surface area (Å²) in [5.41, 5.74) is 9.09. The van der Waals surface area contributed by atoms with Crippen LogP contribution in [0.1, 0.15) is 0 Å². The molecule has 2 N–H and O–H groups in total. The van der Waals surface area contributed by atoms with Gasteiger partial charge >= 0.3 is 0 Å². The third-order valence-electron chi connectivity index (χ3n) is 2.95. The van der Waals surface area contributed by atoms with Crippen molar-refractivity contribution in [3.8, 4) is 5.69 Å². The first-order valence-electron chi connectivity index (χ1n) is 5.77. The highest BCUT2D eigenvalue weighted by Gasteiger charge is 2.10. The van der Waals surface area contributed by atoms with Gasteiger partial charge in [0.1, 0.15) is 0 Å². The Morgan fingerprint density at radius 3 is 2.84 bits per heavy atom. The number of aromatic nitrogens is 2. The van der Waals surface area contributed by atoms with E-state index in [1.807, 2.05) is 16.7 Å². The van der Waals surface area contributed by atoms with Crippen molar-refractivity contribution in [2.45, 2.75) is 4.90 Å². The van der Waals surface area contributed by atoms with Gasteiger partial charge in [-0.3, -0.25) is 4.57 Å². The van der Waals surface area contributed by atoms with Crippen LogP contribution < -0.4 is 5.73 Å². The van der Waals surface area contributed by atoms with Gasteiger partial charge in [0.15, 0.2) is 0 Å². The average Bonchev–Trinajstić information content (AvgIpc) is 2.73. The van der Waals surface area contributed by atoms with E-state index < -0.39 is 0 Å². The molecule has 2 aromatic carbocycles. The number of nitrogens with two attached hydrogens (primary N) is 1. The van der Waals surface area contributed by atoms with Crippen molar-refractivity contribution in [2.75, 3.05) is 12.0 Å². The first-order valence-corrected chi connectivity index (χ1v) is 8.07. The van der Waals surface area contributed by atoms with E-state index in [4.69, 9.17) is 5.73 Å². The van der Waals surface area contributed by atoms with E-state index >= 15 is 0 Å². The molecule has 5 heteroatoms. The number of hydrogen-bond donors (Lipinski definition) is 1. The topological polar surface area (TPSA) is 43.8 Å². The number of halogens is 1. The molecule has 0 amide bonds. The lowest BCUT2D eigenvalue weighted by Crippen LogP contribution is -2.00. The molecule has 0 saturated carbocycles. The average molecular weight is 381 g/mol. The molecule has 0 spiro atoms. The molecule has 3 nitrogen and oxygen atoms in total. The van der Waals surface area contributed by atoms with Crippen molar-refractivity contribution in [3.05, 3.63) is 46.0 Å². The fourth-order valence-electron chi connectivity index (χ4n) is 2.09. The van der Waals surface area contributed by atoms with Crippen LogP contribution in [-0.2, 0) is 0 Å². The van der Waals surface area contributed by atoms with Crippen molar-refractivity contribution in [1.82, 2.24) is 9.55 Å². The van der Waals surface area contributed by atoms with Gasteiger partial charge in [-0.2, -0.15) is 0 Å². The van der Waals surface area contributed by atoms with Crippen LogP contribution in [0.2, 0.25) is 0 Å². The number of anilines is 1. The Balaban J connectivity index is 2.26. The van der Waals surface area contributed by atoms with E-state index in [1.165, 1.54) is 4.90 Å². The molecule has 0 atom stereocenters. The van der Waals surface area contributed by atoms with E-state index in [9.17, 15) is 0 Å². The molecule has 0 aliphatic rings. The first kappa shape index (κ1) is 12.8. The van der Waals surface area contributed by atoms with Gasteiger partial charge in [-0.05, 0) is 65.2 Å². The summed E-state index contributed by atoms with van der Waals surface area (Å²) in [7, 11) is 0. The zero-order valence-corrected chi connectivity index (χ0v) is 13.3. The zero-order valence-electron chi connectivity index (χ0n) is 10.3. The molecule has 19 heavy (non-hydrogen) atoms. The number of fused-ring (bicyclic) bond motifs is 1. The van der Waals surface area contributed by atoms with Gasteiger partial charge in [-0.15, -0.1) is 11.8 Å². The number of benzene rings is 2. The molecule has 96 valence electrons. The lowest BCUT2D eigenvalue weighted by molar-refractivity contribution is 1.10. The van der Waals surface area contributed by atoms with Crippen molar-refractivity contribution < 1.29 is 0 Å². The molecular weight excluding hydrogens is 369 g/mol. The molecule has 0 fully saturated rings. The summed E-state index contributed by atoms with van der Waals surface area (Å²) in [6.07, 6.45) is 2.07. The zero-order chi connectivity index (χ0) is 13.4. The summed E-state index contributed by atoms with van der Waals surface area (Å²) in [5.74, 6) is 0.523. The molecule has 0 radical (unpaired) electrons. The smallest absolute Gasteiger partial charge is 0.205 e. The van der Waals surface area contributed by atoms with Gasteiger partial charge in [0.2, 0.25) is 5.95 Å².